The molecule has 0 aromatic carbocycles. The van der Waals surface area contributed by atoms with Gasteiger partial charge in [-0.1, -0.05) is 6.92 Å². The number of carboxylic acid groups (broad SMARTS) is 1. The molecule has 0 aliphatic carbocycles. The van der Waals surface area contributed by atoms with Crippen LogP contribution in [0.2, 0.25) is 0 Å². The fourth-order valence-corrected chi connectivity index (χ4v) is 0.747. The standard InChI is InChI=1S/C7H13NO3S/c1-5(7(10)11)4-8-6(9)2-3-12/h5,12H,2-4H2,1H3,(H,8,9)(H,10,11). The van der Waals surface area contributed by atoms with Crippen molar-refractivity contribution in [3.63, 3.8) is 0 Å². The van der Waals surface area contributed by atoms with Gasteiger partial charge in [-0.3, -0.25) is 9.59 Å². The Balaban J connectivity index is 3.54. The average molecular weight is 191 g/mol. The SMILES string of the molecule is CC(CNC(=O)CCS)C(=O)O. The van der Waals surface area contributed by atoms with E-state index in [9.17, 15) is 9.59 Å². The third-order valence-electron chi connectivity index (χ3n) is 1.37. The molecule has 0 fully saturated rings. The predicted molar refractivity (Wildman–Crippen MR) is 48.3 cm³/mol. The van der Waals surface area contributed by atoms with Crippen molar-refractivity contribution in [1.82, 2.24) is 5.32 Å². The van der Waals surface area contributed by atoms with Crippen LogP contribution in [0.25, 0.3) is 0 Å². The number of rotatable bonds is 5. The van der Waals surface area contributed by atoms with Gasteiger partial charge in [-0.25, -0.2) is 0 Å². The number of nitrogens with one attached hydrogen (secondary N) is 1. The summed E-state index contributed by atoms with van der Waals surface area (Å²) in [7, 11) is 0. The summed E-state index contributed by atoms with van der Waals surface area (Å²) >= 11 is 3.87. The van der Waals surface area contributed by atoms with Crippen molar-refractivity contribution in [2.75, 3.05) is 12.3 Å². The third kappa shape index (κ3) is 5.01. The van der Waals surface area contributed by atoms with Crippen LogP contribution in [-0.4, -0.2) is 29.3 Å². The molecule has 0 bridgehead atoms. The van der Waals surface area contributed by atoms with Crippen LogP contribution >= 0.6 is 12.6 Å². The van der Waals surface area contributed by atoms with Crippen molar-refractivity contribution < 1.29 is 14.7 Å². The molecule has 0 spiro atoms. The lowest BCUT2D eigenvalue weighted by atomic mass is 10.2. The second-order valence-electron chi connectivity index (χ2n) is 2.52. The molecule has 0 aliphatic rings. The molecular weight excluding hydrogens is 178 g/mol. The lowest BCUT2D eigenvalue weighted by Crippen LogP contribution is -2.31. The molecule has 70 valence electrons. The normalized spacial score (nSPS) is 12.2. The molecule has 0 rings (SSSR count). The van der Waals surface area contributed by atoms with Gasteiger partial charge in [0.15, 0.2) is 0 Å². The minimum absolute atomic E-state index is 0.155. The van der Waals surface area contributed by atoms with Gasteiger partial charge in [0.05, 0.1) is 5.92 Å². The van der Waals surface area contributed by atoms with Crippen LogP contribution in [0, 0.1) is 5.92 Å². The monoisotopic (exact) mass is 191 g/mol. The Morgan fingerprint density at radius 2 is 2.17 bits per heavy atom. The van der Waals surface area contributed by atoms with E-state index in [0.29, 0.717) is 12.2 Å². The fourth-order valence-electron chi connectivity index (χ4n) is 0.544. The van der Waals surface area contributed by atoms with E-state index in [0.717, 1.165) is 0 Å². The highest BCUT2D eigenvalue weighted by Gasteiger charge is 2.11. The highest BCUT2D eigenvalue weighted by Crippen LogP contribution is 1.92. The molecule has 1 atom stereocenters. The third-order valence-corrected chi connectivity index (χ3v) is 1.59. The Labute approximate surface area is 76.8 Å². The summed E-state index contributed by atoms with van der Waals surface area (Å²) in [5.41, 5.74) is 0. The van der Waals surface area contributed by atoms with Gasteiger partial charge in [0, 0.05) is 13.0 Å². The molecule has 0 radical (unpaired) electrons. The quantitative estimate of drug-likeness (QED) is 0.542. The summed E-state index contributed by atoms with van der Waals surface area (Å²) in [6.45, 7) is 1.73. The first-order valence-electron chi connectivity index (χ1n) is 3.68. The number of amides is 1. The molecule has 0 saturated heterocycles. The number of aliphatic carboxylic acids is 1. The number of hydrogen-bond acceptors (Lipinski definition) is 3. The van der Waals surface area contributed by atoms with Gasteiger partial charge in [-0.2, -0.15) is 12.6 Å². The first kappa shape index (κ1) is 11.3. The lowest BCUT2D eigenvalue weighted by Gasteiger charge is -2.06. The van der Waals surface area contributed by atoms with Crippen molar-refractivity contribution in [3.05, 3.63) is 0 Å². The average Bonchev–Trinajstić information content (AvgIpc) is 2.00. The molecule has 5 heteroatoms. The zero-order valence-corrected chi connectivity index (χ0v) is 7.80. The Bertz CT molecular complexity index is 172. The Hall–Kier alpha value is -0.710. The molecule has 12 heavy (non-hydrogen) atoms. The highest BCUT2D eigenvalue weighted by atomic mass is 32.1. The summed E-state index contributed by atoms with van der Waals surface area (Å²) in [4.78, 5) is 21.1. The van der Waals surface area contributed by atoms with Crippen LogP contribution in [0.15, 0.2) is 0 Å². The molecule has 0 aliphatic heterocycles. The Kier molecular flexibility index (Phi) is 5.53. The zero-order chi connectivity index (χ0) is 9.56. The zero-order valence-electron chi connectivity index (χ0n) is 6.91. The van der Waals surface area contributed by atoms with Crippen LogP contribution in [0.5, 0.6) is 0 Å². The van der Waals surface area contributed by atoms with Crippen molar-refractivity contribution >= 4 is 24.5 Å². The van der Waals surface area contributed by atoms with Crippen molar-refractivity contribution in [2.24, 2.45) is 5.92 Å². The van der Waals surface area contributed by atoms with E-state index >= 15 is 0 Å². The maximum Gasteiger partial charge on any atom is 0.308 e. The van der Waals surface area contributed by atoms with E-state index in [1.165, 1.54) is 0 Å². The van der Waals surface area contributed by atoms with Crippen LogP contribution in [0.4, 0.5) is 0 Å². The van der Waals surface area contributed by atoms with Gasteiger partial charge in [0.25, 0.3) is 0 Å². The first-order valence-corrected chi connectivity index (χ1v) is 4.31. The molecule has 2 N–H and O–H groups in total. The van der Waals surface area contributed by atoms with E-state index in [-0.39, 0.29) is 12.5 Å². The van der Waals surface area contributed by atoms with Gasteiger partial charge in [0.2, 0.25) is 5.91 Å². The smallest absolute Gasteiger partial charge is 0.308 e. The van der Waals surface area contributed by atoms with Crippen LogP contribution in [0.1, 0.15) is 13.3 Å². The summed E-state index contributed by atoms with van der Waals surface area (Å²) in [5.74, 6) is -1.11. The topological polar surface area (TPSA) is 66.4 Å². The van der Waals surface area contributed by atoms with E-state index in [4.69, 9.17) is 5.11 Å². The Morgan fingerprint density at radius 3 is 2.58 bits per heavy atom. The summed E-state index contributed by atoms with van der Waals surface area (Å²) in [6, 6.07) is 0. The van der Waals surface area contributed by atoms with Gasteiger partial charge in [-0.05, 0) is 5.75 Å². The molecule has 0 saturated carbocycles. The van der Waals surface area contributed by atoms with Crippen LogP contribution in [-0.2, 0) is 9.59 Å². The largest absolute Gasteiger partial charge is 0.481 e. The molecule has 0 aromatic rings. The number of carboxylic acids is 1. The second kappa shape index (κ2) is 5.88. The number of hydrogen-bond donors (Lipinski definition) is 3. The van der Waals surface area contributed by atoms with E-state index in [1.54, 1.807) is 6.92 Å². The second-order valence-corrected chi connectivity index (χ2v) is 2.96. The first-order chi connectivity index (χ1) is 5.57. The lowest BCUT2D eigenvalue weighted by molar-refractivity contribution is -0.141. The molecule has 0 aromatic heterocycles. The van der Waals surface area contributed by atoms with Crippen LogP contribution in [0.3, 0.4) is 0 Å². The van der Waals surface area contributed by atoms with Gasteiger partial charge in [0.1, 0.15) is 0 Å². The minimum atomic E-state index is -0.902. The van der Waals surface area contributed by atoms with Crippen LogP contribution < -0.4 is 5.32 Å². The van der Waals surface area contributed by atoms with Gasteiger partial charge in [-0.15, -0.1) is 0 Å². The summed E-state index contributed by atoms with van der Waals surface area (Å²) in [5, 5.41) is 11.0. The predicted octanol–water partition coefficient (Wildman–Crippen LogP) is 0.143. The van der Waals surface area contributed by atoms with Crippen molar-refractivity contribution in [3.8, 4) is 0 Å². The number of thiol groups is 1. The molecular formula is C7H13NO3S. The summed E-state index contributed by atoms with van der Waals surface area (Å²) in [6.07, 6.45) is 0.329. The van der Waals surface area contributed by atoms with E-state index < -0.39 is 11.9 Å². The Morgan fingerprint density at radius 1 is 1.58 bits per heavy atom. The van der Waals surface area contributed by atoms with Gasteiger partial charge < -0.3 is 10.4 Å². The number of carbonyl (C=O) groups excluding carboxylic acids is 1. The van der Waals surface area contributed by atoms with E-state index in [2.05, 4.69) is 17.9 Å². The molecule has 1 amide bonds. The van der Waals surface area contributed by atoms with E-state index in [1.807, 2.05) is 0 Å². The fraction of sp³-hybridized carbons (Fsp3) is 0.714. The maximum absolute atomic E-state index is 10.8. The molecule has 1 unspecified atom stereocenters. The van der Waals surface area contributed by atoms with Crippen molar-refractivity contribution in [2.45, 2.75) is 13.3 Å². The maximum atomic E-state index is 10.8. The van der Waals surface area contributed by atoms with Crippen molar-refractivity contribution in [1.29, 1.82) is 0 Å². The minimum Gasteiger partial charge on any atom is -0.481 e. The molecule has 0 heterocycles. The molecule has 4 nitrogen and oxygen atoms in total. The number of carbonyl (C=O) groups is 2. The highest BCUT2D eigenvalue weighted by molar-refractivity contribution is 7.80. The summed E-state index contributed by atoms with van der Waals surface area (Å²) < 4.78 is 0. The van der Waals surface area contributed by atoms with Gasteiger partial charge >= 0.3 is 5.97 Å².